The lowest BCUT2D eigenvalue weighted by atomic mass is 10.2. The van der Waals surface area contributed by atoms with Gasteiger partial charge < -0.3 is 15.4 Å². The predicted octanol–water partition coefficient (Wildman–Crippen LogP) is 3.97. The maximum Gasteiger partial charge on any atom is 0.265 e. The van der Waals surface area contributed by atoms with Crippen LogP contribution in [0.1, 0.15) is 17.3 Å². The summed E-state index contributed by atoms with van der Waals surface area (Å²) in [6.07, 6.45) is -0.546. The number of ether oxygens (including phenoxy) is 1. The molecule has 1 aliphatic heterocycles. The largest absolute Gasteiger partial charge is 0.479 e. The summed E-state index contributed by atoms with van der Waals surface area (Å²) in [7, 11) is 0. The molecule has 3 rings (SSSR count). The van der Waals surface area contributed by atoms with E-state index in [9.17, 15) is 9.59 Å². The van der Waals surface area contributed by atoms with Gasteiger partial charge in [-0.3, -0.25) is 9.59 Å². The zero-order chi connectivity index (χ0) is 16.6. The van der Waals surface area contributed by atoms with Crippen LogP contribution in [-0.4, -0.2) is 17.9 Å². The van der Waals surface area contributed by atoms with Gasteiger partial charge in [0.2, 0.25) is 0 Å². The lowest BCUT2D eigenvalue weighted by Crippen LogP contribution is -2.34. The fourth-order valence-electron chi connectivity index (χ4n) is 2.16. The van der Waals surface area contributed by atoms with E-state index in [1.54, 1.807) is 37.3 Å². The Kier molecular flexibility index (Phi) is 4.15. The number of halogens is 2. The van der Waals surface area contributed by atoms with Gasteiger partial charge in [-0.1, -0.05) is 23.2 Å². The van der Waals surface area contributed by atoms with Crippen LogP contribution in [0.3, 0.4) is 0 Å². The number of carbonyl (C=O) groups excluding carboxylic acids is 2. The second-order valence-electron chi connectivity index (χ2n) is 5.04. The number of anilines is 2. The molecule has 0 spiro atoms. The van der Waals surface area contributed by atoms with E-state index in [1.165, 1.54) is 6.07 Å². The number of amides is 2. The van der Waals surface area contributed by atoms with Gasteiger partial charge in [0.1, 0.15) is 5.75 Å². The highest BCUT2D eigenvalue weighted by molar-refractivity contribution is 6.37. The SMILES string of the molecule is C[C@H]1Oc2ccc(NC(=O)c3ccc(Cl)cc3Cl)cc2NC1=O. The van der Waals surface area contributed by atoms with Crippen molar-refractivity contribution in [1.29, 1.82) is 0 Å². The summed E-state index contributed by atoms with van der Waals surface area (Å²) in [5, 5.41) is 6.16. The molecule has 1 heterocycles. The average Bonchev–Trinajstić information content (AvgIpc) is 2.48. The molecule has 0 saturated heterocycles. The molecule has 2 amide bonds. The van der Waals surface area contributed by atoms with Gasteiger partial charge in [-0.25, -0.2) is 0 Å². The van der Waals surface area contributed by atoms with Crippen LogP contribution in [0, 0.1) is 0 Å². The summed E-state index contributed by atoms with van der Waals surface area (Å²) in [6.45, 7) is 1.66. The van der Waals surface area contributed by atoms with E-state index >= 15 is 0 Å². The minimum Gasteiger partial charge on any atom is -0.479 e. The summed E-state index contributed by atoms with van der Waals surface area (Å²) in [6, 6.07) is 9.63. The summed E-state index contributed by atoms with van der Waals surface area (Å²) < 4.78 is 5.46. The number of benzene rings is 2. The van der Waals surface area contributed by atoms with Crippen molar-refractivity contribution in [2.24, 2.45) is 0 Å². The highest BCUT2D eigenvalue weighted by atomic mass is 35.5. The molecule has 0 saturated carbocycles. The van der Waals surface area contributed by atoms with Crippen molar-refractivity contribution < 1.29 is 14.3 Å². The Morgan fingerprint density at radius 2 is 2.00 bits per heavy atom. The van der Waals surface area contributed by atoms with Crippen molar-refractivity contribution in [3.05, 3.63) is 52.0 Å². The fourth-order valence-corrected chi connectivity index (χ4v) is 2.65. The van der Waals surface area contributed by atoms with Crippen molar-refractivity contribution in [2.75, 3.05) is 10.6 Å². The van der Waals surface area contributed by atoms with Gasteiger partial charge in [-0.05, 0) is 43.3 Å². The van der Waals surface area contributed by atoms with E-state index in [0.717, 1.165) is 0 Å². The van der Waals surface area contributed by atoms with Crippen molar-refractivity contribution in [1.82, 2.24) is 0 Å². The Morgan fingerprint density at radius 1 is 1.22 bits per heavy atom. The van der Waals surface area contributed by atoms with Gasteiger partial charge in [0, 0.05) is 10.7 Å². The van der Waals surface area contributed by atoms with Crippen LogP contribution in [0.4, 0.5) is 11.4 Å². The first-order valence-electron chi connectivity index (χ1n) is 6.82. The van der Waals surface area contributed by atoms with Crippen molar-refractivity contribution >= 4 is 46.4 Å². The Hall–Kier alpha value is -2.24. The minimum absolute atomic E-state index is 0.235. The normalized spacial score (nSPS) is 16.1. The second kappa shape index (κ2) is 6.10. The highest BCUT2D eigenvalue weighted by Crippen LogP contribution is 2.32. The average molecular weight is 351 g/mol. The highest BCUT2D eigenvalue weighted by Gasteiger charge is 2.23. The van der Waals surface area contributed by atoms with Crippen LogP contribution >= 0.6 is 23.2 Å². The van der Waals surface area contributed by atoms with Crippen molar-refractivity contribution in [3.8, 4) is 5.75 Å². The topological polar surface area (TPSA) is 67.4 Å². The molecular weight excluding hydrogens is 339 g/mol. The quantitative estimate of drug-likeness (QED) is 0.861. The predicted molar refractivity (Wildman–Crippen MR) is 89.6 cm³/mol. The number of fused-ring (bicyclic) bond motifs is 1. The number of hydrogen-bond acceptors (Lipinski definition) is 3. The van der Waals surface area contributed by atoms with Crippen molar-refractivity contribution in [3.63, 3.8) is 0 Å². The Labute approximate surface area is 142 Å². The number of nitrogens with one attached hydrogen (secondary N) is 2. The van der Waals surface area contributed by atoms with E-state index in [2.05, 4.69) is 10.6 Å². The van der Waals surface area contributed by atoms with Crippen LogP contribution in [0.5, 0.6) is 5.75 Å². The first-order chi connectivity index (χ1) is 10.9. The molecule has 7 heteroatoms. The molecule has 0 aliphatic carbocycles. The monoisotopic (exact) mass is 350 g/mol. The maximum absolute atomic E-state index is 12.3. The molecule has 0 aromatic heterocycles. The van der Waals surface area contributed by atoms with Gasteiger partial charge >= 0.3 is 0 Å². The third kappa shape index (κ3) is 3.25. The Morgan fingerprint density at radius 3 is 2.74 bits per heavy atom. The molecule has 2 aromatic carbocycles. The smallest absolute Gasteiger partial charge is 0.265 e. The second-order valence-corrected chi connectivity index (χ2v) is 5.88. The molecule has 2 N–H and O–H groups in total. The van der Waals surface area contributed by atoms with Gasteiger partial charge in [0.15, 0.2) is 6.10 Å². The molecule has 2 aromatic rings. The lowest BCUT2D eigenvalue weighted by molar-refractivity contribution is -0.122. The lowest BCUT2D eigenvalue weighted by Gasteiger charge is -2.23. The molecule has 5 nitrogen and oxygen atoms in total. The van der Waals surface area contributed by atoms with Crippen LogP contribution in [0.25, 0.3) is 0 Å². The van der Waals surface area contributed by atoms with Gasteiger partial charge in [-0.2, -0.15) is 0 Å². The molecule has 23 heavy (non-hydrogen) atoms. The van der Waals surface area contributed by atoms with Gasteiger partial charge in [0.05, 0.1) is 16.3 Å². The van der Waals surface area contributed by atoms with E-state index in [1.807, 2.05) is 0 Å². The number of rotatable bonds is 2. The zero-order valence-electron chi connectivity index (χ0n) is 12.0. The Balaban J connectivity index is 1.82. The standard InChI is InChI=1S/C16H12Cl2N2O3/c1-8-15(21)20-13-7-10(3-5-14(13)23-8)19-16(22)11-4-2-9(17)6-12(11)18/h2-8H,1H3,(H,19,22)(H,20,21)/t8-/m1/s1. The van der Waals surface area contributed by atoms with E-state index in [-0.39, 0.29) is 16.8 Å². The molecule has 0 bridgehead atoms. The van der Waals surface area contributed by atoms with Crippen molar-refractivity contribution in [2.45, 2.75) is 13.0 Å². The molecule has 0 fully saturated rings. The molecule has 0 unspecified atom stereocenters. The van der Waals surface area contributed by atoms with Crippen LogP contribution in [-0.2, 0) is 4.79 Å². The Bertz CT molecular complexity index is 808. The molecule has 118 valence electrons. The van der Waals surface area contributed by atoms with Gasteiger partial charge in [-0.15, -0.1) is 0 Å². The van der Waals surface area contributed by atoms with Crippen LogP contribution < -0.4 is 15.4 Å². The minimum atomic E-state index is -0.546. The third-order valence-corrected chi connectivity index (χ3v) is 3.89. The number of carbonyl (C=O) groups is 2. The van der Waals surface area contributed by atoms with Crippen LogP contribution in [0.2, 0.25) is 10.0 Å². The zero-order valence-corrected chi connectivity index (χ0v) is 13.5. The third-order valence-electron chi connectivity index (χ3n) is 3.34. The maximum atomic E-state index is 12.3. The molecule has 1 atom stereocenters. The summed E-state index contributed by atoms with van der Waals surface area (Å²) in [5.41, 5.74) is 1.33. The van der Waals surface area contributed by atoms with E-state index in [0.29, 0.717) is 27.7 Å². The summed E-state index contributed by atoms with van der Waals surface area (Å²) in [4.78, 5) is 23.9. The molecule has 0 radical (unpaired) electrons. The fraction of sp³-hybridized carbons (Fsp3) is 0.125. The first kappa shape index (κ1) is 15.6. The first-order valence-corrected chi connectivity index (χ1v) is 7.57. The number of hydrogen-bond donors (Lipinski definition) is 2. The van der Waals surface area contributed by atoms with Crippen LogP contribution in [0.15, 0.2) is 36.4 Å². The van der Waals surface area contributed by atoms with E-state index in [4.69, 9.17) is 27.9 Å². The van der Waals surface area contributed by atoms with Gasteiger partial charge in [0.25, 0.3) is 11.8 Å². The summed E-state index contributed by atoms with van der Waals surface area (Å²) in [5.74, 6) is -0.0515. The summed E-state index contributed by atoms with van der Waals surface area (Å²) >= 11 is 11.8. The molecular formula is C16H12Cl2N2O3. The van der Waals surface area contributed by atoms with E-state index < -0.39 is 6.10 Å². The molecule has 1 aliphatic rings.